The van der Waals surface area contributed by atoms with E-state index >= 15 is 0 Å². The molecule has 0 fully saturated rings. The van der Waals surface area contributed by atoms with Gasteiger partial charge in [0.2, 0.25) is 0 Å². The Morgan fingerprint density at radius 3 is 0.667 bits per heavy atom. The molecule has 2 aromatic carbocycles. The molecule has 0 unspecified atom stereocenters. The molecule has 0 saturated heterocycles. The van der Waals surface area contributed by atoms with E-state index in [-0.39, 0.29) is 68.9 Å². The minimum atomic E-state index is 0. The van der Waals surface area contributed by atoms with Gasteiger partial charge in [-0.15, -0.1) is 0 Å². The van der Waals surface area contributed by atoms with Gasteiger partial charge in [0.1, 0.15) is 26.4 Å². The maximum absolute atomic E-state index is 5.63. The largest absolute Gasteiger partial charge is 1.00 e. The van der Waals surface area contributed by atoms with E-state index in [9.17, 15) is 0 Å². The third kappa shape index (κ3) is 16.5. The van der Waals surface area contributed by atoms with Gasteiger partial charge < -0.3 is 47.4 Å². The van der Waals surface area contributed by atoms with Crippen LogP contribution in [0.5, 0.6) is 23.0 Å². The van der Waals surface area contributed by atoms with E-state index in [0.717, 1.165) is 23.0 Å². The van der Waals surface area contributed by atoms with Crippen LogP contribution in [0.4, 0.5) is 0 Å². The van der Waals surface area contributed by atoms with Gasteiger partial charge >= 0.3 is 68.9 Å². The molecular weight excluding hydrogens is 629 g/mol. The predicted octanol–water partition coefficient (Wildman–Crippen LogP) is 0.0192. The van der Waals surface area contributed by atoms with Crippen molar-refractivity contribution in [2.75, 3.05) is 106 Å². The molecule has 2 aromatic rings. The fraction of sp³-hybridized carbons (Fsp3) is 0.571. The summed E-state index contributed by atoms with van der Waals surface area (Å²) in [6.45, 7) is 8.73. The normalized spacial score (nSPS) is 18.7. The smallest absolute Gasteiger partial charge is 0.487 e. The summed E-state index contributed by atoms with van der Waals surface area (Å²) < 4.78 is 54.8. The Labute approximate surface area is 290 Å². The third-order valence-electron chi connectivity index (χ3n) is 5.13. The van der Waals surface area contributed by atoms with Crippen molar-refractivity contribution in [3.8, 4) is 23.0 Å². The molecule has 212 valence electrons. The number of fused-ring (bicyclic) bond motifs is 2. The van der Waals surface area contributed by atoms with Crippen LogP contribution >= 0.6 is 0 Å². The van der Waals surface area contributed by atoms with Crippen LogP contribution in [-0.4, -0.2) is 106 Å². The molecule has 0 aliphatic carbocycles. The van der Waals surface area contributed by atoms with Crippen molar-refractivity contribution in [1.82, 2.24) is 0 Å². The first kappa shape index (κ1) is 34.7. The zero-order valence-electron chi connectivity index (χ0n) is 23.0. The molecule has 0 aromatic heterocycles. The number of hydrogen-bond acceptors (Lipinski definition) is 10. The second-order valence-electron chi connectivity index (χ2n) is 7.96. The first-order valence-corrected chi connectivity index (χ1v) is 13.1. The van der Waals surface area contributed by atoms with Crippen LogP contribution in [0, 0.1) is 0 Å². The Morgan fingerprint density at radius 1 is 0.282 bits per heavy atom. The van der Waals surface area contributed by atoms with Crippen LogP contribution in [0.15, 0.2) is 48.5 Å². The van der Waals surface area contributed by atoms with E-state index in [0.29, 0.717) is 106 Å². The van der Waals surface area contributed by atoms with Gasteiger partial charge in [-0.05, 0) is 24.3 Å². The summed E-state index contributed by atoms with van der Waals surface area (Å²) in [5.74, 6) is 2.93. The van der Waals surface area contributed by atoms with Crippen molar-refractivity contribution < 1.29 is 116 Å². The molecule has 39 heavy (non-hydrogen) atoms. The fourth-order valence-corrected chi connectivity index (χ4v) is 3.30. The van der Waals surface area contributed by atoms with Crippen LogP contribution < -0.4 is 87.8 Å². The standard InChI is InChI=1S/2C14H20O5.Cs/c2*1-2-4-14-13(3-1)18-11-9-16-7-5-15-6-8-17-10-12-19-14;/h2*1-4H,5-12H2;/q;;+1. The molecule has 0 spiro atoms. The van der Waals surface area contributed by atoms with Gasteiger partial charge in [0, 0.05) is 0 Å². The Morgan fingerprint density at radius 2 is 0.462 bits per heavy atom. The van der Waals surface area contributed by atoms with Crippen molar-refractivity contribution in [2.45, 2.75) is 0 Å². The first-order valence-electron chi connectivity index (χ1n) is 13.1. The Balaban J connectivity index is 0.000000267. The molecule has 0 amide bonds. The monoisotopic (exact) mass is 669 g/mol. The van der Waals surface area contributed by atoms with E-state index in [1.807, 2.05) is 48.5 Å². The zero-order chi connectivity index (χ0) is 26.4. The van der Waals surface area contributed by atoms with Crippen molar-refractivity contribution in [3.63, 3.8) is 0 Å². The van der Waals surface area contributed by atoms with Crippen LogP contribution in [0.2, 0.25) is 0 Å². The minimum absolute atomic E-state index is 0. The molecule has 10 nitrogen and oxygen atoms in total. The van der Waals surface area contributed by atoms with E-state index < -0.39 is 0 Å². The molecule has 0 bridgehead atoms. The maximum Gasteiger partial charge on any atom is 1.00 e. The van der Waals surface area contributed by atoms with Crippen molar-refractivity contribution in [2.24, 2.45) is 0 Å². The second kappa shape index (κ2) is 24.1. The molecular formula is C28H40CsO10+. The number of ether oxygens (including phenoxy) is 10. The van der Waals surface area contributed by atoms with E-state index in [4.69, 9.17) is 47.4 Å². The Hall–Kier alpha value is -0.548. The van der Waals surface area contributed by atoms with Crippen LogP contribution in [0.3, 0.4) is 0 Å². The summed E-state index contributed by atoms with van der Waals surface area (Å²) >= 11 is 0. The topological polar surface area (TPSA) is 92.3 Å². The molecule has 0 radical (unpaired) electrons. The summed E-state index contributed by atoms with van der Waals surface area (Å²) in [4.78, 5) is 0. The number of hydrogen-bond donors (Lipinski definition) is 0. The molecule has 0 N–H and O–H groups in total. The molecule has 2 aliphatic rings. The average molecular weight is 670 g/mol. The summed E-state index contributed by atoms with van der Waals surface area (Å²) in [6, 6.07) is 15.2. The predicted molar refractivity (Wildman–Crippen MR) is 140 cm³/mol. The molecule has 0 saturated carbocycles. The van der Waals surface area contributed by atoms with Gasteiger partial charge in [0.15, 0.2) is 23.0 Å². The third-order valence-corrected chi connectivity index (χ3v) is 5.13. The van der Waals surface area contributed by atoms with Crippen molar-refractivity contribution in [1.29, 1.82) is 0 Å². The zero-order valence-corrected chi connectivity index (χ0v) is 29.3. The van der Waals surface area contributed by atoms with Gasteiger partial charge in [0.25, 0.3) is 0 Å². The quantitative estimate of drug-likeness (QED) is 0.383. The number of para-hydroxylation sites is 4. The minimum Gasteiger partial charge on any atom is -0.487 e. The Kier molecular flexibility index (Phi) is 21.4. The molecule has 4 rings (SSSR count). The average Bonchev–Trinajstić information content (AvgIpc) is 2.96. The second-order valence-corrected chi connectivity index (χ2v) is 7.96. The van der Waals surface area contributed by atoms with Gasteiger partial charge in [-0.25, -0.2) is 0 Å². The van der Waals surface area contributed by atoms with Crippen LogP contribution in [0.1, 0.15) is 0 Å². The number of benzene rings is 2. The van der Waals surface area contributed by atoms with Gasteiger partial charge in [-0.2, -0.15) is 0 Å². The fourth-order valence-electron chi connectivity index (χ4n) is 3.30. The maximum atomic E-state index is 5.63. The van der Waals surface area contributed by atoms with Gasteiger partial charge in [-0.3, -0.25) is 0 Å². The molecule has 2 aliphatic heterocycles. The SMILES string of the molecule is [Cs+].c1ccc2c(c1)OCCOCCOCCOCCO2.c1ccc2c(c1)OCCOCCOCCOCCO2. The van der Waals surface area contributed by atoms with E-state index in [1.165, 1.54) is 0 Å². The van der Waals surface area contributed by atoms with Gasteiger partial charge in [-0.1, -0.05) is 24.3 Å². The van der Waals surface area contributed by atoms with Crippen LogP contribution in [-0.2, 0) is 28.4 Å². The molecule has 0 atom stereocenters. The van der Waals surface area contributed by atoms with Gasteiger partial charge in [0.05, 0.1) is 79.3 Å². The summed E-state index contributed by atoms with van der Waals surface area (Å²) in [5, 5.41) is 0. The van der Waals surface area contributed by atoms with E-state index in [1.54, 1.807) is 0 Å². The first-order chi connectivity index (χ1) is 18.9. The van der Waals surface area contributed by atoms with Crippen molar-refractivity contribution >= 4 is 0 Å². The Bertz CT molecular complexity index is 721. The number of rotatable bonds is 0. The summed E-state index contributed by atoms with van der Waals surface area (Å²) in [7, 11) is 0. The molecule has 11 heteroatoms. The summed E-state index contributed by atoms with van der Waals surface area (Å²) in [5.41, 5.74) is 0. The van der Waals surface area contributed by atoms with Crippen LogP contribution in [0.25, 0.3) is 0 Å². The summed E-state index contributed by atoms with van der Waals surface area (Å²) in [6.07, 6.45) is 0. The van der Waals surface area contributed by atoms with Crippen molar-refractivity contribution in [3.05, 3.63) is 48.5 Å². The molecule has 2 heterocycles. The van der Waals surface area contributed by atoms with E-state index in [2.05, 4.69) is 0 Å².